The van der Waals surface area contributed by atoms with Gasteiger partial charge in [-0.1, -0.05) is 45.4 Å². The second kappa shape index (κ2) is 8.48. The first-order valence-corrected chi connectivity index (χ1v) is 9.38. The highest BCUT2D eigenvalue weighted by Crippen LogP contribution is 2.16. The summed E-state index contributed by atoms with van der Waals surface area (Å²) in [5.74, 6) is 0. The molecule has 0 saturated heterocycles. The monoisotopic (exact) mass is 216 g/mol. The number of rotatable bonds is 9. The van der Waals surface area contributed by atoms with Gasteiger partial charge in [0.1, 0.15) is 0 Å². The molecule has 86 valence electrons. The molecule has 0 aliphatic carbocycles. The highest BCUT2D eigenvalue weighted by molar-refractivity contribution is 6.71. The fraction of sp³-hybridized carbons (Fsp3) is 1.00. The molecular formula is C12H28OSi. The second-order valence-corrected chi connectivity index (χ2v) is 9.02. The normalized spacial score (nSPS) is 12.0. The van der Waals surface area contributed by atoms with Gasteiger partial charge in [-0.25, -0.2) is 0 Å². The number of hydrogen-bond acceptors (Lipinski definition) is 1. The predicted octanol–water partition coefficient (Wildman–Crippen LogP) is 4.59. The highest BCUT2D eigenvalue weighted by atomic mass is 28.4. The molecule has 0 unspecified atom stereocenters. The van der Waals surface area contributed by atoms with E-state index in [0.717, 1.165) is 6.61 Å². The maximum absolute atomic E-state index is 5.80. The molecule has 0 saturated carbocycles. The summed E-state index contributed by atoms with van der Waals surface area (Å²) in [6.45, 7) is 9.95. The minimum atomic E-state index is -1.27. The summed E-state index contributed by atoms with van der Waals surface area (Å²) in [6, 6.07) is 1.34. The molecule has 0 radical (unpaired) electrons. The topological polar surface area (TPSA) is 9.23 Å². The van der Waals surface area contributed by atoms with Gasteiger partial charge in [0.25, 0.3) is 0 Å². The fourth-order valence-corrected chi connectivity index (χ4v) is 3.82. The van der Waals surface area contributed by atoms with E-state index in [1.165, 1.54) is 44.6 Å². The van der Waals surface area contributed by atoms with Gasteiger partial charge in [0.15, 0.2) is 8.32 Å². The molecule has 0 amide bonds. The molecule has 0 aliphatic rings. The van der Waals surface area contributed by atoms with Gasteiger partial charge < -0.3 is 4.43 Å². The Balaban J connectivity index is 3.26. The molecule has 2 heteroatoms. The van der Waals surface area contributed by atoms with Crippen molar-refractivity contribution in [2.45, 2.75) is 71.5 Å². The van der Waals surface area contributed by atoms with Crippen LogP contribution in [-0.4, -0.2) is 14.9 Å². The van der Waals surface area contributed by atoms with Gasteiger partial charge in [0.2, 0.25) is 0 Å². The van der Waals surface area contributed by atoms with Crippen LogP contribution in [0, 0.1) is 0 Å². The zero-order valence-corrected chi connectivity index (χ0v) is 11.6. The van der Waals surface area contributed by atoms with Crippen molar-refractivity contribution in [2.75, 3.05) is 6.61 Å². The lowest BCUT2D eigenvalue weighted by molar-refractivity contribution is 0.327. The van der Waals surface area contributed by atoms with E-state index in [1.807, 2.05) is 0 Å². The van der Waals surface area contributed by atoms with Crippen LogP contribution in [-0.2, 0) is 4.43 Å². The van der Waals surface area contributed by atoms with Crippen molar-refractivity contribution in [3.05, 3.63) is 0 Å². The van der Waals surface area contributed by atoms with Crippen LogP contribution in [0.25, 0.3) is 0 Å². The Labute approximate surface area is 91.4 Å². The Morgan fingerprint density at radius 3 is 2.00 bits per heavy atom. The van der Waals surface area contributed by atoms with E-state index in [9.17, 15) is 0 Å². The molecule has 0 aromatic rings. The van der Waals surface area contributed by atoms with Crippen LogP contribution in [0.2, 0.25) is 19.1 Å². The van der Waals surface area contributed by atoms with E-state index in [-0.39, 0.29) is 0 Å². The average molecular weight is 216 g/mol. The Morgan fingerprint density at radius 1 is 0.857 bits per heavy atom. The van der Waals surface area contributed by atoms with Crippen molar-refractivity contribution in [2.24, 2.45) is 0 Å². The maximum atomic E-state index is 5.80. The van der Waals surface area contributed by atoms with Crippen molar-refractivity contribution >= 4 is 8.32 Å². The van der Waals surface area contributed by atoms with Crippen LogP contribution in [0.15, 0.2) is 0 Å². The zero-order valence-electron chi connectivity index (χ0n) is 10.6. The smallest absolute Gasteiger partial charge is 0.186 e. The van der Waals surface area contributed by atoms with Crippen molar-refractivity contribution in [1.29, 1.82) is 0 Å². The number of unbranched alkanes of at least 4 members (excludes halogenated alkanes) is 5. The minimum Gasteiger partial charge on any atom is -0.418 e. The van der Waals surface area contributed by atoms with E-state index in [0.29, 0.717) is 0 Å². The highest BCUT2D eigenvalue weighted by Gasteiger charge is 2.20. The van der Waals surface area contributed by atoms with Gasteiger partial charge >= 0.3 is 0 Å². The summed E-state index contributed by atoms with van der Waals surface area (Å²) in [7, 11) is -1.27. The van der Waals surface area contributed by atoms with Gasteiger partial charge in [0, 0.05) is 6.61 Å². The van der Waals surface area contributed by atoms with Crippen LogP contribution in [0.5, 0.6) is 0 Å². The molecule has 0 atom stereocenters. The Hall–Kier alpha value is 0.177. The summed E-state index contributed by atoms with van der Waals surface area (Å²) in [6.07, 6.45) is 8.38. The Morgan fingerprint density at radius 2 is 1.43 bits per heavy atom. The van der Waals surface area contributed by atoms with Crippen molar-refractivity contribution < 1.29 is 4.43 Å². The zero-order chi connectivity index (χ0) is 10.9. The van der Waals surface area contributed by atoms with E-state index < -0.39 is 8.32 Å². The fourth-order valence-electron chi connectivity index (χ4n) is 1.79. The lowest BCUT2D eigenvalue weighted by Crippen LogP contribution is -2.29. The molecule has 0 bridgehead atoms. The van der Waals surface area contributed by atoms with Crippen LogP contribution < -0.4 is 0 Å². The minimum absolute atomic E-state index is 0.898. The average Bonchev–Trinajstić information content (AvgIpc) is 2.11. The molecule has 14 heavy (non-hydrogen) atoms. The van der Waals surface area contributed by atoms with Gasteiger partial charge in [-0.2, -0.15) is 0 Å². The molecule has 0 rings (SSSR count). The lowest BCUT2D eigenvalue weighted by Gasteiger charge is -2.21. The van der Waals surface area contributed by atoms with Gasteiger partial charge in [-0.15, -0.1) is 0 Å². The first-order chi connectivity index (χ1) is 6.62. The van der Waals surface area contributed by atoms with Crippen molar-refractivity contribution in [1.82, 2.24) is 0 Å². The predicted molar refractivity (Wildman–Crippen MR) is 67.3 cm³/mol. The third-order valence-electron chi connectivity index (χ3n) is 2.67. The van der Waals surface area contributed by atoms with E-state index in [1.54, 1.807) is 0 Å². The molecule has 0 aromatic carbocycles. The van der Waals surface area contributed by atoms with Crippen LogP contribution >= 0.6 is 0 Å². The molecule has 0 N–H and O–H groups in total. The Kier molecular flexibility index (Phi) is 8.59. The lowest BCUT2D eigenvalue weighted by atomic mass is 10.1. The van der Waals surface area contributed by atoms with Crippen molar-refractivity contribution in [3.8, 4) is 0 Å². The molecule has 1 nitrogen and oxygen atoms in total. The molecule has 0 aromatic heterocycles. The molecule has 0 heterocycles. The van der Waals surface area contributed by atoms with Gasteiger partial charge in [-0.05, 0) is 26.1 Å². The van der Waals surface area contributed by atoms with E-state index in [2.05, 4.69) is 26.9 Å². The SMILES string of the molecule is CCCCCCCC[Si](C)(C)OCC. The summed E-state index contributed by atoms with van der Waals surface area (Å²) in [4.78, 5) is 0. The summed E-state index contributed by atoms with van der Waals surface area (Å²) in [5.41, 5.74) is 0. The molecule has 0 aliphatic heterocycles. The van der Waals surface area contributed by atoms with Crippen LogP contribution in [0.3, 0.4) is 0 Å². The van der Waals surface area contributed by atoms with Crippen LogP contribution in [0.4, 0.5) is 0 Å². The maximum Gasteiger partial charge on any atom is 0.186 e. The van der Waals surface area contributed by atoms with E-state index in [4.69, 9.17) is 4.43 Å². The quantitative estimate of drug-likeness (QED) is 0.405. The summed E-state index contributed by atoms with van der Waals surface area (Å²) >= 11 is 0. The molecular weight excluding hydrogens is 188 g/mol. The third kappa shape index (κ3) is 8.76. The van der Waals surface area contributed by atoms with Crippen molar-refractivity contribution in [3.63, 3.8) is 0 Å². The summed E-state index contributed by atoms with van der Waals surface area (Å²) in [5, 5.41) is 0. The first-order valence-electron chi connectivity index (χ1n) is 6.26. The van der Waals surface area contributed by atoms with Gasteiger partial charge in [-0.3, -0.25) is 0 Å². The van der Waals surface area contributed by atoms with Crippen LogP contribution in [0.1, 0.15) is 52.4 Å². The third-order valence-corrected chi connectivity index (χ3v) is 5.30. The molecule has 0 fully saturated rings. The van der Waals surface area contributed by atoms with Gasteiger partial charge in [0.05, 0.1) is 0 Å². The second-order valence-electron chi connectivity index (χ2n) is 4.71. The molecule has 0 spiro atoms. The largest absolute Gasteiger partial charge is 0.418 e. The van der Waals surface area contributed by atoms with E-state index >= 15 is 0 Å². The summed E-state index contributed by atoms with van der Waals surface area (Å²) < 4.78 is 5.80. The first kappa shape index (κ1) is 14.2. The Bertz CT molecular complexity index is 123. The standard InChI is InChI=1S/C12H28OSi/c1-5-7-8-9-10-11-12-14(3,4)13-6-2/h5-12H2,1-4H3. The number of hydrogen-bond donors (Lipinski definition) is 0.